The number of carbonyl (C=O) groups excluding carboxylic acids is 1. The van der Waals surface area contributed by atoms with Crippen LogP contribution in [0.1, 0.15) is 32.5 Å². The first-order valence-corrected chi connectivity index (χ1v) is 10.9. The molecule has 0 radical (unpaired) electrons. The van der Waals surface area contributed by atoms with E-state index in [9.17, 15) is 4.79 Å². The molecule has 0 aliphatic carbocycles. The lowest BCUT2D eigenvalue weighted by Gasteiger charge is -2.45. The van der Waals surface area contributed by atoms with Gasteiger partial charge >= 0.3 is 0 Å². The highest BCUT2D eigenvalue weighted by Gasteiger charge is 2.39. The molecule has 1 aliphatic heterocycles. The minimum Gasteiger partial charge on any atom is -0.341 e. The van der Waals surface area contributed by atoms with Gasteiger partial charge in [-0.05, 0) is 48.2 Å². The third kappa shape index (κ3) is 3.29. The molecule has 1 unspecified atom stereocenters. The summed E-state index contributed by atoms with van der Waals surface area (Å²) in [6, 6.07) is 30.8. The smallest absolute Gasteiger partial charge is 0.262 e. The first-order chi connectivity index (χ1) is 14.7. The van der Waals surface area contributed by atoms with Crippen LogP contribution in [-0.2, 0) is 6.54 Å². The number of aryl methyl sites for hydroxylation is 1. The summed E-state index contributed by atoms with van der Waals surface area (Å²) in [6.45, 7) is 2.78. The van der Waals surface area contributed by atoms with E-state index in [-0.39, 0.29) is 12.1 Å². The molecule has 30 heavy (non-hydrogen) atoms. The fourth-order valence-electron chi connectivity index (χ4n) is 4.05. The number of rotatable bonds is 4. The second-order valence-corrected chi connectivity index (χ2v) is 8.51. The summed E-state index contributed by atoms with van der Waals surface area (Å²) in [6.07, 6.45) is -0.199. The Labute approximate surface area is 180 Å². The third-order valence-electron chi connectivity index (χ3n) is 5.51. The Morgan fingerprint density at radius 2 is 1.57 bits per heavy atom. The van der Waals surface area contributed by atoms with Gasteiger partial charge in [-0.1, -0.05) is 66.2 Å². The highest BCUT2D eigenvalue weighted by molar-refractivity contribution is 7.10. The van der Waals surface area contributed by atoms with E-state index < -0.39 is 0 Å². The van der Waals surface area contributed by atoms with Gasteiger partial charge in [0, 0.05) is 17.1 Å². The van der Waals surface area contributed by atoms with Crippen molar-refractivity contribution in [3.05, 3.63) is 118 Å². The van der Waals surface area contributed by atoms with Crippen molar-refractivity contribution in [3.8, 4) is 0 Å². The van der Waals surface area contributed by atoms with Crippen LogP contribution >= 0.6 is 11.3 Å². The molecule has 148 valence electrons. The van der Waals surface area contributed by atoms with Crippen LogP contribution in [0.3, 0.4) is 0 Å². The summed E-state index contributed by atoms with van der Waals surface area (Å²) in [5.74, 6) is 0.0390. The number of para-hydroxylation sites is 1. The largest absolute Gasteiger partial charge is 0.341 e. The van der Waals surface area contributed by atoms with Crippen molar-refractivity contribution in [3.63, 3.8) is 0 Å². The molecule has 0 saturated heterocycles. The van der Waals surface area contributed by atoms with Crippen LogP contribution < -0.4 is 9.80 Å². The van der Waals surface area contributed by atoms with Crippen LogP contribution in [0.5, 0.6) is 0 Å². The second-order valence-electron chi connectivity index (χ2n) is 7.53. The van der Waals surface area contributed by atoms with Gasteiger partial charge < -0.3 is 4.90 Å². The lowest BCUT2D eigenvalue weighted by molar-refractivity contribution is 0.0968. The lowest BCUT2D eigenvalue weighted by atomic mass is 10.0. The average Bonchev–Trinajstić information content (AvgIpc) is 3.31. The van der Waals surface area contributed by atoms with Gasteiger partial charge in [0.05, 0.1) is 11.3 Å². The van der Waals surface area contributed by atoms with E-state index in [1.165, 1.54) is 11.1 Å². The fourth-order valence-corrected chi connectivity index (χ4v) is 4.88. The van der Waals surface area contributed by atoms with E-state index >= 15 is 0 Å². The lowest BCUT2D eigenvalue weighted by Crippen LogP contribution is -2.49. The predicted octanol–water partition coefficient (Wildman–Crippen LogP) is 6.42. The molecular formula is C26H22N2OS. The van der Waals surface area contributed by atoms with E-state index in [0.717, 1.165) is 28.4 Å². The summed E-state index contributed by atoms with van der Waals surface area (Å²) >= 11 is 1.69. The predicted molar refractivity (Wildman–Crippen MR) is 124 cm³/mol. The topological polar surface area (TPSA) is 23.6 Å². The van der Waals surface area contributed by atoms with Gasteiger partial charge in [-0.2, -0.15) is 0 Å². The van der Waals surface area contributed by atoms with Crippen molar-refractivity contribution in [1.29, 1.82) is 0 Å². The molecule has 0 N–H and O–H groups in total. The van der Waals surface area contributed by atoms with Crippen molar-refractivity contribution >= 4 is 28.6 Å². The molecule has 0 spiro atoms. The molecule has 1 aromatic heterocycles. The highest BCUT2D eigenvalue weighted by atomic mass is 32.1. The zero-order valence-corrected chi connectivity index (χ0v) is 17.5. The standard InChI is InChI=1S/C26H22N2OS/c1-19-13-15-21(16-14-19)28-25(24-12-7-17-30-24)27(18-20-8-3-2-4-9-20)23-11-6-5-10-22(23)26(28)29/h2-17,25H,18H2,1H3. The van der Waals surface area contributed by atoms with E-state index in [4.69, 9.17) is 0 Å². The highest BCUT2D eigenvalue weighted by Crippen LogP contribution is 2.43. The Bertz CT molecular complexity index is 1150. The summed E-state index contributed by atoms with van der Waals surface area (Å²) in [4.78, 5) is 19.1. The van der Waals surface area contributed by atoms with Crippen LogP contribution in [0.25, 0.3) is 0 Å². The first kappa shape index (κ1) is 18.6. The van der Waals surface area contributed by atoms with Crippen LogP contribution in [0.4, 0.5) is 11.4 Å². The first-order valence-electron chi connectivity index (χ1n) is 10.1. The Morgan fingerprint density at radius 1 is 0.833 bits per heavy atom. The number of amides is 1. The molecule has 4 heteroatoms. The van der Waals surface area contributed by atoms with Gasteiger partial charge in [0.2, 0.25) is 0 Å². The molecule has 0 fully saturated rings. The molecule has 0 bridgehead atoms. The number of fused-ring (bicyclic) bond motifs is 1. The Hall–Kier alpha value is -3.37. The van der Waals surface area contributed by atoms with Gasteiger partial charge in [-0.15, -0.1) is 11.3 Å². The summed E-state index contributed by atoms with van der Waals surface area (Å²) < 4.78 is 0. The van der Waals surface area contributed by atoms with E-state index in [1.807, 2.05) is 41.3 Å². The average molecular weight is 411 g/mol. The number of nitrogens with zero attached hydrogens (tertiary/aromatic N) is 2. The van der Waals surface area contributed by atoms with Crippen molar-refractivity contribution < 1.29 is 4.79 Å². The number of carbonyl (C=O) groups is 1. The maximum absolute atomic E-state index is 13.7. The van der Waals surface area contributed by atoms with Gasteiger partial charge in [-0.25, -0.2) is 0 Å². The fraction of sp³-hybridized carbons (Fsp3) is 0.115. The Balaban J connectivity index is 1.70. The molecule has 1 aliphatic rings. The molecule has 4 aromatic rings. The zero-order chi connectivity index (χ0) is 20.5. The van der Waals surface area contributed by atoms with Crippen LogP contribution in [0.15, 0.2) is 96.4 Å². The van der Waals surface area contributed by atoms with Gasteiger partial charge in [0.15, 0.2) is 0 Å². The maximum Gasteiger partial charge on any atom is 0.262 e. The minimum atomic E-state index is -0.199. The number of thiophene rings is 1. The van der Waals surface area contributed by atoms with Crippen molar-refractivity contribution in [2.45, 2.75) is 19.6 Å². The van der Waals surface area contributed by atoms with E-state index in [2.05, 4.69) is 71.8 Å². The van der Waals surface area contributed by atoms with Crippen molar-refractivity contribution in [2.75, 3.05) is 9.80 Å². The monoisotopic (exact) mass is 410 g/mol. The maximum atomic E-state index is 13.7. The Morgan fingerprint density at radius 3 is 2.30 bits per heavy atom. The Kier molecular flexibility index (Phi) is 4.85. The zero-order valence-electron chi connectivity index (χ0n) is 16.7. The van der Waals surface area contributed by atoms with E-state index in [0.29, 0.717) is 0 Å². The number of benzene rings is 3. The van der Waals surface area contributed by atoms with Gasteiger partial charge in [0.25, 0.3) is 5.91 Å². The van der Waals surface area contributed by atoms with Crippen LogP contribution in [-0.4, -0.2) is 5.91 Å². The molecule has 3 nitrogen and oxygen atoms in total. The van der Waals surface area contributed by atoms with Gasteiger partial charge in [-0.3, -0.25) is 9.69 Å². The minimum absolute atomic E-state index is 0.0390. The van der Waals surface area contributed by atoms with Gasteiger partial charge in [0.1, 0.15) is 6.17 Å². The quantitative estimate of drug-likeness (QED) is 0.387. The number of anilines is 2. The van der Waals surface area contributed by atoms with E-state index in [1.54, 1.807) is 11.3 Å². The number of hydrogen-bond donors (Lipinski definition) is 0. The number of hydrogen-bond acceptors (Lipinski definition) is 3. The molecule has 0 saturated carbocycles. The molecule has 3 aromatic carbocycles. The van der Waals surface area contributed by atoms with Crippen molar-refractivity contribution in [1.82, 2.24) is 0 Å². The molecule has 1 atom stereocenters. The molecule has 5 rings (SSSR count). The summed E-state index contributed by atoms with van der Waals surface area (Å²) in [7, 11) is 0. The van der Waals surface area contributed by atoms with Crippen LogP contribution in [0, 0.1) is 6.92 Å². The molecule has 2 heterocycles. The normalized spacial score (nSPS) is 15.9. The second kappa shape index (κ2) is 7.81. The summed E-state index contributed by atoms with van der Waals surface area (Å²) in [5.41, 5.74) is 5.02. The SMILES string of the molecule is Cc1ccc(N2C(=O)c3ccccc3N(Cc3ccccc3)C2c2cccs2)cc1. The molecular weight excluding hydrogens is 388 g/mol. The summed E-state index contributed by atoms with van der Waals surface area (Å²) in [5, 5.41) is 2.08. The third-order valence-corrected chi connectivity index (χ3v) is 6.42. The molecule has 1 amide bonds. The van der Waals surface area contributed by atoms with Crippen LogP contribution in [0.2, 0.25) is 0 Å². The van der Waals surface area contributed by atoms with Crippen molar-refractivity contribution in [2.24, 2.45) is 0 Å².